The first kappa shape index (κ1) is 7.61. The van der Waals surface area contributed by atoms with Crippen molar-refractivity contribution in [1.82, 2.24) is 0 Å². The molecule has 2 radical (unpaired) electrons. The van der Waals surface area contributed by atoms with Crippen molar-refractivity contribution in [2.24, 2.45) is 17.8 Å². The third kappa shape index (κ3) is 1.12. The minimum atomic E-state index is 0.698. The van der Waals surface area contributed by atoms with Crippen LogP contribution in [-0.2, 0) is 0 Å². The Balaban J connectivity index is 1.91. The van der Waals surface area contributed by atoms with E-state index in [1.807, 2.05) is 0 Å². The van der Waals surface area contributed by atoms with Gasteiger partial charge in [-0.3, -0.25) is 0 Å². The Bertz CT molecular complexity index is 293. The number of hydrogen-bond donors (Lipinski definition) is 0. The molecular weight excluding hydrogens is 156 g/mol. The number of allylic oxidation sites excluding steroid dienone is 6. The van der Waals surface area contributed by atoms with Crippen LogP contribution in [0.15, 0.2) is 36.0 Å². The molecule has 0 aliphatic heterocycles. The molecule has 0 heteroatoms. The third-order valence-corrected chi connectivity index (χ3v) is 3.56. The van der Waals surface area contributed by atoms with Crippen molar-refractivity contribution in [2.75, 3.05) is 0 Å². The van der Waals surface area contributed by atoms with Gasteiger partial charge in [0, 0.05) is 12.3 Å². The highest BCUT2D eigenvalue weighted by Gasteiger charge is 2.35. The van der Waals surface area contributed by atoms with Gasteiger partial charge < -0.3 is 0 Å². The summed E-state index contributed by atoms with van der Waals surface area (Å²) in [5, 5.41) is 0. The van der Waals surface area contributed by atoms with Crippen LogP contribution in [-0.4, -0.2) is 0 Å². The van der Waals surface area contributed by atoms with E-state index in [9.17, 15) is 0 Å². The van der Waals surface area contributed by atoms with E-state index in [4.69, 9.17) is 0 Å². The zero-order valence-corrected chi connectivity index (χ0v) is 7.74. The van der Waals surface area contributed by atoms with E-state index in [0.29, 0.717) is 5.92 Å². The molecule has 0 saturated heterocycles. The lowest BCUT2D eigenvalue weighted by atomic mass is 9.67. The smallest absolute Gasteiger partial charge is 0.0132 e. The SMILES string of the molecule is [C]1CC2C=CCCC2C2C=CC=C12. The molecule has 0 aromatic carbocycles. The summed E-state index contributed by atoms with van der Waals surface area (Å²) in [5.41, 5.74) is 1.46. The van der Waals surface area contributed by atoms with Crippen molar-refractivity contribution in [2.45, 2.75) is 19.3 Å². The average Bonchev–Trinajstić information content (AvgIpc) is 2.65. The highest BCUT2D eigenvalue weighted by molar-refractivity contribution is 5.37. The minimum Gasteiger partial charge on any atom is -0.0882 e. The van der Waals surface area contributed by atoms with E-state index < -0.39 is 0 Å². The Morgan fingerprint density at radius 3 is 3.31 bits per heavy atom. The topological polar surface area (TPSA) is 0 Å². The van der Waals surface area contributed by atoms with Gasteiger partial charge in [0.05, 0.1) is 0 Å². The Morgan fingerprint density at radius 1 is 1.31 bits per heavy atom. The van der Waals surface area contributed by atoms with E-state index in [1.165, 1.54) is 18.4 Å². The van der Waals surface area contributed by atoms with Gasteiger partial charge in [0.2, 0.25) is 0 Å². The van der Waals surface area contributed by atoms with Crippen molar-refractivity contribution < 1.29 is 0 Å². The number of hydrogen-bond acceptors (Lipinski definition) is 0. The van der Waals surface area contributed by atoms with Crippen molar-refractivity contribution in [3.63, 3.8) is 0 Å². The maximum absolute atomic E-state index is 3.53. The van der Waals surface area contributed by atoms with E-state index >= 15 is 0 Å². The lowest BCUT2D eigenvalue weighted by molar-refractivity contribution is 0.278. The molecule has 3 aliphatic rings. The molecule has 66 valence electrons. The highest BCUT2D eigenvalue weighted by Crippen LogP contribution is 2.45. The lowest BCUT2D eigenvalue weighted by Gasteiger charge is -2.37. The second kappa shape index (κ2) is 2.87. The summed E-state index contributed by atoms with van der Waals surface area (Å²) in [6.45, 7) is 0. The standard InChI is InChI=1S/C13H14/c1-2-6-12-10(4-1)8-9-11-5-3-7-13(11)12/h1,3-5,7,10,12-13H,2,6,8H2. The van der Waals surface area contributed by atoms with Gasteiger partial charge in [-0.1, -0.05) is 36.0 Å². The van der Waals surface area contributed by atoms with Crippen LogP contribution in [0.2, 0.25) is 0 Å². The highest BCUT2D eigenvalue weighted by atomic mass is 14.4. The van der Waals surface area contributed by atoms with Crippen LogP contribution < -0.4 is 0 Å². The Kier molecular flexibility index (Phi) is 1.68. The summed E-state index contributed by atoms with van der Waals surface area (Å²) in [4.78, 5) is 0. The van der Waals surface area contributed by atoms with E-state index in [0.717, 1.165) is 18.3 Å². The second-order valence-corrected chi connectivity index (χ2v) is 4.25. The van der Waals surface area contributed by atoms with Gasteiger partial charge in [-0.05, 0) is 31.1 Å². The molecule has 0 aromatic rings. The molecule has 13 heavy (non-hydrogen) atoms. The second-order valence-electron chi connectivity index (χ2n) is 4.25. The molecule has 3 aliphatic carbocycles. The molecule has 1 saturated carbocycles. The predicted octanol–water partition coefficient (Wildman–Crippen LogP) is 3.17. The van der Waals surface area contributed by atoms with Gasteiger partial charge in [-0.25, -0.2) is 0 Å². The predicted molar refractivity (Wildman–Crippen MR) is 53.9 cm³/mol. The monoisotopic (exact) mass is 170 g/mol. The zero-order valence-electron chi connectivity index (χ0n) is 7.74. The fourth-order valence-corrected chi connectivity index (χ4v) is 2.86. The van der Waals surface area contributed by atoms with Crippen LogP contribution in [0, 0.1) is 24.2 Å². The van der Waals surface area contributed by atoms with Gasteiger partial charge in [0.1, 0.15) is 0 Å². The van der Waals surface area contributed by atoms with Crippen LogP contribution in [0.1, 0.15) is 19.3 Å². The van der Waals surface area contributed by atoms with Crippen LogP contribution >= 0.6 is 0 Å². The molecule has 3 atom stereocenters. The molecule has 0 amide bonds. The van der Waals surface area contributed by atoms with Crippen LogP contribution in [0.3, 0.4) is 0 Å². The minimum absolute atomic E-state index is 0.698. The fraction of sp³-hybridized carbons (Fsp3) is 0.462. The molecule has 0 heterocycles. The van der Waals surface area contributed by atoms with Crippen LogP contribution in [0.5, 0.6) is 0 Å². The maximum Gasteiger partial charge on any atom is 0.0132 e. The van der Waals surface area contributed by atoms with Crippen molar-refractivity contribution >= 4 is 0 Å². The molecule has 1 fully saturated rings. The molecule has 3 unspecified atom stereocenters. The number of fused-ring (bicyclic) bond motifs is 3. The Labute approximate surface area is 80.0 Å². The third-order valence-electron chi connectivity index (χ3n) is 3.56. The van der Waals surface area contributed by atoms with E-state index in [1.54, 1.807) is 0 Å². The van der Waals surface area contributed by atoms with E-state index in [-0.39, 0.29) is 0 Å². The summed E-state index contributed by atoms with van der Waals surface area (Å²) in [6, 6.07) is 0. The summed E-state index contributed by atoms with van der Waals surface area (Å²) in [5.74, 6) is 2.35. The summed E-state index contributed by atoms with van der Waals surface area (Å²) in [7, 11) is 0. The molecule has 0 aromatic heterocycles. The first-order valence-corrected chi connectivity index (χ1v) is 5.24. The quantitative estimate of drug-likeness (QED) is 0.490. The Hall–Kier alpha value is -0.780. The van der Waals surface area contributed by atoms with Gasteiger partial charge in [0.15, 0.2) is 0 Å². The van der Waals surface area contributed by atoms with Gasteiger partial charge in [0.25, 0.3) is 0 Å². The van der Waals surface area contributed by atoms with Crippen LogP contribution in [0.4, 0.5) is 0 Å². The zero-order chi connectivity index (χ0) is 8.67. The lowest BCUT2D eigenvalue weighted by Crippen LogP contribution is -2.28. The summed E-state index contributed by atoms with van der Waals surface area (Å²) in [6.07, 6.45) is 18.9. The molecule has 0 N–H and O–H groups in total. The van der Waals surface area contributed by atoms with Crippen molar-refractivity contribution in [3.8, 4) is 0 Å². The molecule has 0 nitrogen and oxygen atoms in total. The van der Waals surface area contributed by atoms with Gasteiger partial charge in [-0.15, -0.1) is 0 Å². The maximum atomic E-state index is 3.53. The number of rotatable bonds is 0. The normalized spacial score (nSPS) is 41.2. The average molecular weight is 170 g/mol. The summed E-state index contributed by atoms with van der Waals surface area (Å²) < 4.78 is 0. The van der Waals surface area contributed by atoms with Gasteiger partial charge in [-0.2, -0.15) is 0 Å². The fourth-order valence-electron chi connectivity index (χ4n) is 2.86. The first-order chi connectivity index (χ1) is 6.45. The van der Waals surface area contributed by atoms with E-state index in [2.05, 4.69) is 36.8 Å². The Morgan fingerprint density at radius 2 is 2.31 bits per heavy atom. The summed E-state index contributed by atoms with van der Waals surface area (Å²) >= 11 is 0. The van der Waals surface area contributed by atoms with Crippen molar-refractivity contribution in [1.29, 1.82) is 0 Å². The first-order valence-electron chi connectivity index (χ1n) is 5.24. The van der Waals surface area contributed by atoms with Gasteiger partial charge >= 0.3 is 0 Å². The molecule has 3 rings (SSSR count). The molecule has 0 bridgehead atoms. The molecular formula is C13H14. The largest absolute Gasteiger partial charge is 0.0882 e. The van der Waals surface area contributed by atoms with Crippen molar-refractivity contribution in [3.05, 3.63) is 42.4 Å². The molecule has 0 spiro atoms. The van der Waals surface area contributed by atoms with Crippen LogP contribution in [0.25, 0.3) is 0 Å².